The number of benzene rings is 1. The molecule has 0 heterocycles. The van der Waals surface area contributed by atoms with E-state index in [-0.39, 0.29) is 5.41 Å². The molecule has 0 radical (unpaired) electrons. The second-order valence-corrected chi connectivity index (χ2v) is 6.01. The van der Waals surface area contributed by atoms with Gasteiger partial charge in [0.25, 0.3) is 0 Å². The normalized spacial score (nSPS) is 20.9. The van der Waals surface area contributed by atoms with E-state index in [1.54, 1.807) is 0 Å². The molecule has 1 aliphatic rings. The Morgan fingerprint density at radius 3 is 2.71 bits per heavy atom. The number of hydrogen-bond donors (Lipinski definition) is 0. The van der Waals surface area contributed by atoms with E-state index in [1.165, 1.54) is 11.1 Å². The average Bonchev–Trinajstić information content (AvgIpc) is 2.64. The molecule has 1 aliphatic carbocycles. The Kier molecular flexibility index (Phi) is 3.37. The molecule has 17 heavy (non-hydrogen) atoms. The Morgan fingerprint density at radius 2 is 2.12 bits per heavy atom. The third-order valence-electron chi connectivity index (χ3n) is 3.99. The lowest BCUT2D eigenvalue weighted by atomic mass is 9.76. The van der Waals surface area contributed by atoms with E-state index >= 15 is 0 Å². The lowest BCUT2D eigenvalue weighted by Gasteiger charge is -2.28. The van der Waals surface area contributed by atoms with Gasteiger partial charge in [-0.15, -0.1) is 0 Å². The number of ketones is 1. The van der Waals surface area contributed by atoms with Crippen LogP contribution in [0.5, 0.6) is 0 Å². The van der Waals surface area contributed by atoms with Crippen molar-refractivity contribution >= 4 is 5.78 Å². The summed E-state index contributed by atoms with van der Waals surface area (Å²) in [4.78, 5) is 11.8. The van der Waals surface area contributed by atoms with E-state index < -0.39 is 0 Å². The van der Waals surface area contributed by atoms with Crippen molar-refractivity contribution in [3.05, 3.63) is 35.4 Å². The van der Waals surface area contributed by atoms with Crippen LogP contribution in [-0.4, -0.2) is 5.78 Å². The second kappa shape index (κ2) is 4.64. The third kappa shape index (κ3) is 2.77. The third-order valence-corrected chi connectivity index (χ3v) is 3.99. The van der Waals surface area contributed by atoms with E-state index in [2.05, 4.69) is 45.0 Å². The van der Waals surface area contributed by atoms with Gasteiger partial charge in [-0.1, -0.05) is 43.7 Å². The van der Waals surface area contributed by atoms with Crippen molar-refractivity contribution in [2.24, 2.45) is 5.92 Å². The van der Waals surface area contributed by atoms with Crippen LogP contribution in [0, 0.1) is 12.8 Å². The quantitative estimate of drug-likeness (QED) is 0.766. The highest BCUT2D eigenvalue weighted by molar-refractivity contribution is 5.82. The first-order chi connectivity index (χ1) is 7.99. The second-order valence-electron chi connectivity index (χ2n) is 6.01. The SMILES string of the molecule is Cc1cccc(C(C)(C)CC2CCCC2=O)c1. The van der Waals surface area contributed by atoms with Gasteiger partial charge in [0, 0.05) is 12.3 Å². The molecule has 1 aromatic carbocycles. The van der Waals surface area contributed by atoms with Gasteiger partial charge in [-0.2, -0.15) is 0 Å². The zero-order valence-corrected chi connectivity index (χ0v) is 11.1. The van der Waals surface area contributed by atoms with Crippen molar-refractivity contribution in [2.75, 3.05) is 0 Å². The summed E-state index contributed by atoms with van der Waals surface area (Å²) in [6, 6.07) is 8.68. The smallest absolute Gasteiger partial charge is 0.136 e. The summed E-state index contributed by atoms with van der Waals surface area (Å²) >= 11 is 0. The van der Waals surface area contributed by atoms with Gasteiger partial charge < -0.3 is 0 Å². The Hall–Kier alpha value is -1.11. The zero-order chi connectivity index (χ0) is 12.5. The summed E-state index contributed by atoms with van der Waals surface area (Å²) < 4.78 is 0. The van der Waals surface area contributed by atoms with Crippen LogP contribution < -0.4 is 0 Å². The molecule has 1 aromatic rings. The van der Waals surface area contributed by atoms with Gasteiger partial charge in [-0.3, -0.25) is 4.79 Å². The maximum Gasteiger partial charge on any atom is 0.136 e. The number of carbonyl (C=O) groups excluding carboxylic acids is 1. The van der Waals surface area contributed by atoms with Gasteiger partial charge in [-0.25, -0.2) is 0 Å². The zero-order valence-electron chi connectivity index (χ0n) is 11.1. The fourth-order valence-electron chi connectivity index (χ4n) is 2.90. The van der Waals surface area contributed by atoms with E-state index in [9.17, 15) is 4.79 Å². The van der Waals surface area contributed by atoms with E-state index in [4.69, 9.17) is 0 Å². The largest absolute Gasteiger partial charge is 0.299 e. The standard InChI is InChI=1S/C16H22O/c1-12-6-4-8-14(10-12)16(2,3)11-13-7-5-9-15(13)17/h4,6,8,10,13H,5,7,9,11H2,1-3H3. The molecule has 0 N–H and O–H groups in total. The molecule has 1 nitrogen and oxygen atoms in total. The molecule has 1 saturated carbocycles. The van der Waals surface area contributed by atoms with Crippen LogP contribution in [0.2, 0.25) is 0 Å². The van der Waals surface area contributed by atoms with Crippen LogP contribution in [0.3, 0.4) is 0 Å². The summed E-state index contributed by atoms with van der Waals surface area (Å²) in [5, 5.41) is 0. The van der Waals surface area contributed by atoms with Crippen molar-refractivity contribution in [3.63, 3.8) is 0 Å². The first kappa shape index (κ1) is 12.3. The van der Waals surface area contributed by atoms with Crippen molar-refractivity contribution < 1.29 is 4.79 Å². The fraction of sp³-hybridized carbons (Fsp3) is 0.562. The molecule has 92 valence electrons. The van der Waals surface area contributed by atoms with Gasteiger partial charge in [-0.05, 0) is 37.2 Å². The van der Waals surface area contributed by atoms with Crippen molar-refractivity contribution in [2.45, 2.75) is 51.9 Å². The van der Waals surface area contributed by atoms with Crippen molar-refractivity contribution in [3.8, 4) is 0 Å². The predicted octanol–water partition coefficient (Wildman–Crippen LogP) is 4.03. The van der Waals surface area contributed by atoms with Crippen LogP contribution in [0.4, 0.5) is 0 Å². The van der Waals surface area contributed by atoms with E-state index in [0.29, 0.717) is 11.7 Å². The van der Waals surface area contributed by atoms with Crippen LogP contribution in [-0.2, 0) is 10.2 Å². The maximum atomic E-state index is 11.8. The average molecular weight is 230 g/mol. The molecule has 1 fully saturated rings. The summed E-state index contributed by atoms with van der Waals surface area (Å²) in [7, 11) is 0. The number of hydrogen-bond acceptors (Lipinski definition) is 1. The first-order valence-corrected chi connectivity index (χ1v) is 6.59. The lowest BCUT2D eigenvalue weighted by molar-refractivity contribution is -0.121. The minimum atomic E-state index is 0.108. The summed E-state index contributed by atoms with van der Waals surface area (Å²) in [6.45, 7) is 6.64. The highest BCUT2D eigenvalue weighted by Gasteiger charge is 2.31. The summed E-state index contributed by atoms with van der Waals surface area (Å²) in [5.41, 5.74) is 2.77. The number of rotatable bonds is 3. The highest BCUT2D eigenvalue weighted by atomic mass is 16.1. The van der Waals surface area contributed by atoms with Crippen LogP contribution in [0.25, 0.3) is 0 Å². The molecule has 0 aromatic heterocycles. The minimum Gasteiger partial charge on any atom is -0.299 e. The molecular weight excluding hydrogens is 208 g/mol. The number of aryl methyl sites for hydroxylation is 1. The number of carbonyl (C=O) groups is 1. The van der Waals surface area contributed by atoms with E-state index in [1.807, 2.05) is 0 Å². The Morgan fingerprint density at radius 1 is 1.35 bits per heavy atom. The van der Waals surface area contributed by atoms with Crippen LogP contribution in [0.1, 0.15) is 50.7 Å². The fourth-order valence-corrected chi connectivity index (χ4v) is 2.90. The van der Waals surface area contributed by atoms with Crippen LogP contribution >= 0.6 is 0 Å². The monoisotopic (exact) mass is 230 g/mol. The van der Waals surface area contributed by atoms with Gasteiger partial charge in [0.15, 0.2) is 0 Å². The predicted molar refractivity (Wildman–Crippen MR) is 71.2 cm³/mol. The molecule has 1 heteroatoms. The van der Waals surface area contributed by atoms with Gasteiger partial charge in [0.05, 0.1) is 0 Å². The summed E-state index contributed by atoms with van der Waals surface area (Å²) in [6.07, 6.45) is 3.98. The molecule has 0 bridgehead atoms. The van der Waals surface area contributed by atoms with Crippen LogP contribution in [0.15, 0.2) is 24.3 Å². The van der Waals surface area contributed by atoms with E-state index in [0.717, 1.165) is 25.7 Å². The molecule has 0 aliphatic heterocycles. The Labute approximate surface area is 104 Å². The van der Waals surface area contributed by atoms with Gasteiger partial charge in [0.1, 0.15) is 5.78 Å². The van der Waals surface area contributed by atoms with Gasteiger partial charge >= 0.3 is 0 Å². The molecule has 1 atom stereocenters. The van der Waals surface area contributed by atoms with Crippen molar-refractivity contribution in [1.29, 1.82) is 0 Å². The molecule has 0 saturated heterocycles. The molecule has 1 unspecified atom stereocenters. The summed E-state index contributed by atoms with van der Waals surface area (Å²) in [5.74, 6) is 0.774. The first-order valence-electron chi connectivity index (χ1n) is 6.59. The Balaban J connectivity index is 2.15. The maximum absolute atomic E-state index is 11.8. The lowest BCUT2D eigenvalue weighted by Crippen LogP contribution is -2.23. The molecule has 0 amide bonds. The molecule has 0 spiro atoms. The Bertz CT molecular complexity index is 417. The highest BCUT2D eigenvalue weighted by Crippen LogP contribution is 2.36. The van der Waals surface area contributed by atoms with Crippen molar-refractivity contribution in [1.82, 2.24) is 0 Å². The minimum absolute atomic E-state index is 0.108. The van der Waals surface area contributed by atoms with Gasteiger partial charge in [0.2, 0.25) is 0 Å². The topological polar surface area (TPSA) is 17.1 Å². The number of Topliss-reactive ketones (excluding diaryl/α,β-unsaturated/α-hetero) is 1. The molecular formula is C16H22O. The molecule has 2 rings (SSSR count).